The molecular weight excluding hydrogens is 310 g/mol. The quantitative estimate of drug-likeness (QED) is 0.509. The van der Waals surface area contributed by atoms with Crippen molar-refractivity contribution in [1.29, 1.82) is 5.26 Å². The van der Waals surface area contributed by atoms with Gasteiger partial charge in [-0.05, 0) is 25.8 Å². The smallest absolute Gasteiger partial charge is 0.331 e. The first-order valence-electron chi connectivity index (χ1n) is 7.81. The van der Waals surface area contributed by atoms with Gasteiger partial charge in [0.1, 0.15) is 0 Å². The van der Waals surface area contributed by atoms with Gasteiger partial charge in [-0.25, -0.2) is 0 Å². The van der Waals surface area contributed by atoms with Crippen LogP contribution in [0.3, 0.4) is 0 Å². The second-order valence-corrected chi connectivity index (χ2v) is 5.09. The summed E-state index contributed by atoms with van der Waals surface area (Å²) in [6.45, 7) is 3.20. The fourth-order valence-electron chi connectivity index (χ4n) is 2.34. The highest BCUT2D eigenvalue weighted by atomic mass is 16.6. The number of ketones is 1. The van der Waals surface area contributed by atoms with Crippen molar-refractivity contribution in [3.63, 3.8) is 0 Å². The maximum Gasteiger partial charge on any atom is 0.331 e. The van der Waals surface area contributed by atoms with Gasteiger partial charge in [-0.1, -0.05) is 30.3 Å². The van der Waals surface area contributed by atoms with Crippen LogP contribution < -0.4 is 0 Å². The van der Waals surface area contributed by atoms with Crippen molar-refractivity contribution < 1.29 is 23.9 Å². The first-order chi connectivity index (χ1) is 11.5. The minimum atomic E-state index is -2.10. The fourth-order valence-corrected chi connectivity index (χ4v) is 2.34. The third-order valence-corrected chi connectivity index (χ3v) is 3.54. The summed E-state index contributed by atoms with van der Waals surface area (Å²) >= 11 is 0. The van der Waals surface area contributed by atoms with Crippen LogP contribution in [0.5, 0.6) is 0 Å². The van der Waals surface area contributed by atoms with E-state index in [-0.39, 0.29) is 32.5 Å². The summed E-state index contributed by atoms with van der Waals surface area (Å²) in [5.74, 6) is -2.54. The summed E-state index contributed by atoms with van der Waals surface area (Å²) in [4.78, 5) is 37.8. The monoisotopic (exact) mass is 331 g/mol. The van der Waals surface area contributed by atoms with E-state index in [1.807, 2.05) is 6.07 Å². The SMILES string of the molecule is CCOC(=O)C(CCC#N)(C(=O)Cc1ccccc1)C(=O)OCC. The first kappa shape index (κ1) is 19.4. The summed E-state index contributed by atoms with van der Waals surface area (Å²) in [7, 11) is 0. The molecule has 0 heterocycles. The van der Waals surface area contributed by atoms with Crippen LogP contribution >= 0.6 is 0 Å². The van der Waals surface area contributed by atoms with Gasteiger partial charge in [0.25, 0.3) is 0 Å². The van der Waals surface area contributed by atoms with Crippen molar-refractivity contribution in [3.05, 3.63) is 35.9 Å². The van der Waals surface area contributed by atoms with Crippen molar-refractivity contribution in [1.82, 2.24) is 0 Å². The molecule has 0 aliphatic carbocycles. The highest BCUT2D eigenvalue weighted by molar-refractivity contribution is 6.20. The first-order valence-corrected chi connectivity index (χ1v) is 7.81. The van der Waals surface area contributed by atoms with E-state index in [2.05, 4.69) is 0 Å². The molecule has 24 heavy (non-hydrogen) atoms. The zero-order valence-electron chi connectivity index (χ0n) is 13.9. The van der Waals surface area contributed by atoms with Crippen LogP contribution in [0.15, 0.2) is 30.3 Å². The Bertz CT molecular complexity index is 600. The van der Waals surface area contributed by atoms with Crippen LogP contribution in [0.1, 0.15) is 32.3 Å². The average molecular weight is 331 g/mol. The number of ether oxygens (including phenoxy) is 2. The molecule has 0 bridgehead atoms. The molecule has 0 fully saturated rings. The minimum absolute atomic E-state index is 0.0190. The second-order valence-electron chi connectivity index (χ2n) is 5.09. The molecule has 6 heteroatoms. The lowest BCUT2D eigenvalue weighted by Gasteiger charge is -2.27. The third-order valence-electron chi connectivity index (χ3n) is 3.54. The van der Waals surface area contributed by atoms with Crippen LogP contribution in [-0.2, 0) is 30.3 Å². The molecule has 6 nitrogen and oxygen atoms in total. The average Bonchev–Trinajstić information content (AvgIpc) is 2.57. The largest absolute Gasteiger partial charge is 0.465 e. The molecular formula is C18H21NO5. The van der Waals surface area contributed by atoms with Gasteiger partial charge >= 0.3 is 11.9 Å². The maximum absolute atomic E-state index is 12.9. The van der Waals surface area contributed by atoms with E-state index < -0.39 is 23.1 Å². The highest BCUT2D eigenvalue weighted by Gasteiger charge is 2.54. The standard InChI is InChI=1S/C18H21NO5/c1-3-23-16(21)18(11-8-12-19,17(22)24-4-2)15(20)13-14-9-6-5-7-10-14/h5-7,9-10H,3-4,8,11,13H2,1-2H3. The molecule has 0 saturated carbocycles. The Labute approximate surface area is 141 Å². The van der Waals surface area contributed by atoms with E-state index in [1.54, 1.807) is 44.2 Å². The molecule has 0 aliphatic rings. The Morgan fingerprint density at radius 1 is 1.04 bits per heavy atom. The number of carbonyl (C=O) groups is 3. The van der Waals surface area contributed by atoms with E-state index in [0.717, 1.165) is 0 Å². The Balaban J connectivity index is 3.25. The fraction of sp³-hybridized carbons (Fsp3) is 0.444. The van der Waals surface area contributed by atoms with Crippen LogP contribution in [-0.4, -0.2) is 30.9 Å². The van der Waals surface area contributed by atoms with Gasteiger partial charge in [-0.2, -0.15) is 5.26 Å². The summed E-state index contributed by atoms with van der Waals surface area (Å²) in [5.41, 5.74) is -1.44. The molecule has 1 aromatic carbocycles. The Kier molecular flexibility index (Phi) is 7.63. The number of nitrogens with zero attached hydrogens (tertiary/aromatic N) is 1. The maximum atomic E-state index is 12.9. The Morgan fingerprint density at radius 2 is 1.58 bits per heavy atom. The molecule has 1 aromatic rings. The molecule has 0 spiro atoms. The van der Waals surface area contributed by atoms with Crippen LogP contribution in [0, 0.1) is 16.7 Å². The molecule has 1 rings (SSSR count). The van der Waals surface area contributed by atoms with Gasteiger partial charge in [-0.15, -0.1) is 0 Å². The number of carbonyl (C=O) groups excluding carboxylic acids is 3. The van der Waals surface area contributed by atoms with Gasteiger partial charge in [-0.3, -0.25) is 14.4 Å². The molecule has 0 atom stereocenters. The molecule has 0 radical (unpaired) electrons. The predicted octanol–water partition coefficient (Wildman–Crippen LogP) is 2.21. The van der Waals surface area contributed by atoms with Crippen molar-refractivity contribution in [2.45, 2.75) is 33.1 Å². The molecule has 0 amide bonds. The van der Waals surface area contributed by atoms with Gasteiger partial charge in [0.2, 0.25) is 5.41 Å². The topological polar surface area (TPSA) is 93.5 Å². The van der Waals surface area contributed by atoms with Gasteiger partial charge in [0.05, 0.1) is 19.3 Å². The molecule has 0 aliphatic heterocycles. The van der Waals surface area contributed by atoms with E-state index in [1.165, 1.54) is 0 Å². The van der Waals surface area contributed by atoms with Crippen molar-refractivity contribution in [3.8, 4) is 6.07 Å². The molecule has 0 saturated heterocycles. The number of Topliss-reactive ketones (excluding diaryl/α,β-unsaturated/α-hetero) is 1. The van der Waals surface area contributed by atoms with Crippen molar-refractivity contribution >= 4 is 17.7 Å². The number of hydrogen-bond acceptors (Lipinski definition) is 6. The minimum Gasteiger partial charge on any atom is -0.465 e. The van der Waals surface area contributed by atoms with Crippen LogP contribution in [0.2, 0.25) is 0 Å². The molecule has 0 aromatic heterocycles. The van der Waals surface area contributed by atoms with Gasteiger partial charge in [0.15, 0.2) is 5.78 Å². The predicted molar refractivity (Wildman–Crippen MR) is 85.7 cm³/mol. The van der Waals surface area contributed by atoms with E-state index in [0.29, 0.717) is 5.56 Å². The zero-order valence-corrected chi connectivity index (χ0v) is 13.9. The van der Waals surface area contributed by atoms with Gasteiger partial charge < -0.3 is 9.47 Å². The molecule has 0 unspecified atom stereocenters. The summed E-state index contributed by atoms with van der Waals surface area (Å²) in [6.07, 6.45) is -0.519. The second kappa shape index (κ2) is 9.46. The van der Waals surface area contributed by atoms with Crippen molar-refractivity contribution in [2.24, 2.45) is 5.41 Å². The summed E-state index contributed by atoms with van der Waals surface area (Å²) in [6, 6.07) is 10.6. The molecule has 128 valence electrons. The summed E-state index contributed by atoms with van der Waals surface area (Å²) in [5, 5.41) is 8.86. The lowest BCUT2D eigenvalue weighted by Crippen LogP contribution is -2.49. The zero-order chi connectivity index (χ0) is 18.0. The molecule has 0 N–H and O–H groups in total. The number of hydrogen-bond donors (Lipinski definition) is 0. The normalized spacial score (nSPS) is 10.5. The number of benzene rings is 1. The van der Waals surface area contributed by atoms with Crippen LogP contribution in [0.25, 0.3) is 0 Å². The van der Waals surface area contributed by atoms with E-state index in [4.69, 9.17) is 14.7 Å². The summed E-state index contributed by atoms with van der Waals surface area (Å²) < 4.78 is 9.92. The van der Waals surface area contributed by atoms with Crippen molar-refractivity contribution in [2.75, 3.05) is 13.2 Å². The van der Waals surface area contributed by atoms with E-state index >= 15 is 0 Å². The number of nitriles is 1. The number of esters is 2. The number of rotatable bonds is 9. The highest BCUT2D eigenvalue weighted by Crippen LogP contribution is 2.31. The van der Waals surface area contributed by atoms with Crippen LogP contribution in [0.4, 0.5) is 0 Å². The third kappa shape index (κ3) is 4.42. The van der Waals surface area contributed by atoms with E-state index in [9.17, 15) is 14.4 Å². The Hall–Kier alpha value is -2.68. The van der Waals surface area contributed by atoms with Gasteiger partial charge in [0, 0.05) is 12.8 Å². The lowest BCUT2D eigenvalue weighted by molar-refractivity contribution is -0.175. The lowest BCUT2D eigenvalue weighted by atomic mass is 9.77. The Morgan fingerprint density at radius 3 is 2.04 bits per heavy atom.